The van der Waals surface area contributed by atoms with E-state index in [0.29, 0.717) is 36.7 Å². The molecule has 1 saturated carbocycles. The molecule has 0 saturated heterocycles. The molecule has 0 aromatic carbocycles. The highest BCUT2D eigenvalue weighted by Gasteiger charge is 2.34. The minimum atomic E-state index is -0.372. The summed E-state index contributed by atoms with van der Waals surface area (Å²) in [6.45, 7) is 7.00. The second-order valence-corrected chi connectivity index (χ2v) is 8.86. The number of ether oxygens (including phenoxy) is 1. The van der Waals surface area contributed by atoms with Gasteiger partial charge < -0.3 is 25.0 Å². The number of carbonyl (C=O) groups excluding carboxylic acids is 2. The highest BCUT2D eigenvalue weighted by Crippen LogP contribution is 2.29. The fourth-order valence-electron chi connectivity index (χ4n) is 3.52. The van der Waals surface area contributed by atoms with Crippen LogP contribution in [0.15, 0.2) is 12.3 Å². The second-order valence-electron chi connectivity index (χ2n) is 8.86. The van der Waals surface area contributed by atoms with Crippen molar-refractivity contribution >= 4 is 11.9 Å². The summed E-state index contributed by atoms with van der Waals surface area (Å²) in [4.78, 5) is 33.4. The van der Waals surface area contributed by atoms with Crippen LogP contribution in [0.5, 0.6) is 5.88 Å². The molecule has 3 amide bonds. The van der Waals surface area contributed by atoms with Crippen molar-refractivity contribution in [3.05, 3.63) is 23.4 Å². The molecule has 0 bridgehead atoms. The lowest BCUT2D eigenvalue weighted by molar-refractivity contribution is 0.0352. The van der Waals surface area contributed by atoms with Crippen LogP contribution in [-0.4, -0.2) is 77.3 Å². The summed E-state index contributed by atoms with van der Waals surface area (Å²) < 4.78 is 6.21. The zero-order chi connectivity index (χ0) is 23.3. The van der Waals surface area contributed by atoms with E-state index in [1.165, 1.54) is 0 Å². The number of hydrogen-bond donors (Lipinski definition) is 2. The van der Waals surface area contributed by atoms with Crippen molar-refractivity contribution < 1.29 is 19.4 Å². The van der Waals surface area contributed by atoms with E-state index in [-0.39, 0.29) is 42.5 Å². The molecule has 0 radical (unpaired) electrons. The fourth-order valence-corrected chi connectivity index (χ4v) is 3.52. The molecule has 2 heterocycles. The van der Waals surface area contributed by atoms with Crippen molar-refractivity contribution in [1.29, 1.82) is 0 Å². The number of rotatable bonds is 6. The Bertz CT molecular complexity index is 890. The van der Waals surface area contributed by atoms with E-state index in [0.717, 1.165) is 19.3 Å². The molecule has 2 aliphatic rings. The molecular formula is C24H34N4O4. The topological polar surface area (TPSA) is 95.0 Å². The first-order valence-electron chi connectivity index (χ1n) is 11.4. The first-order chi connectivity index (χ1) is 15.3. The molecule has 1 aromatic rings. The smallest absolute Gasteiger partial charge is 0.317 e. The average Bonchev–Trinajstić information content (AvgIpc) is 3.62. The van der Waals surface area contributed by atoms with Gasteiger partial charge in [0.05, 0.1) is 19.2 Å². The van der Waals surface area contributed by atoms with Gasteiger partial charge in [0.15, 0.2) is 0 Å². The number of urea groups is 1. The van der Waals surface area contributed by atoms with Crippen LogP contribution in [0.25, 0.3) is 0 Å². The molecule has 32 heavy (non-hydrogen) atoms. The van der Waals surface area contributed by atoms with E-state index in [9.17, 15) is 14.7 Å². The number of hydrogen-bond acceptors (Lipinski definition) is 5. The number of fused-ring (bicyclic) bond motifs is 1. The van der Waals surface area contributed by atoms with Gasteiger partial charge in [-0.1, -0.05) is 25.7 Å². The molecule has 1 aromatic heterocycles. The van der Waals surface area contributed by atoms with Gasteiger partial charge in [0.1, 0.15) is 11.7 Å². The van der Waals surface area contributed by atoms with Crippen molar-refractivity contribution in [2.75, 3.05) is 33.3 Å². The maximum absolute atomic E-state index is 13.4. The van der Waals surface area contributed by atoms with Gasteiger partial charge in [-0.15, -0.1) is 0 Å². The Balaban J connectivity index is 1.89. The summed E-state index contributed by atoms with van der Waals surface area (Å²) in [6, 6.07) is 1.20. The number of nitrogens with zero attached hydrogens (tertiary/aromatic N) is 3. The monoisotopic (exact) mass is 442 g/mol. The lowest BCUT2D eigenvalue weighted by Gasteiger charge is -2.37. The van der Waals surface area contributed by atoms with Crippen molar-refractivity contribution in [1.82, 2.24) is 20.1 Å². The molecule has 1 aliphatic carbocycles. The number of likely N-dealkylation sites (N-methyl/N-ethyl adjacent to an activating group) is 1. The second kappa shape index (κ2) is 10.7. The Morgan fingerprint density at radius 2 is 2.22 bits per heavy atom. The largest absolute Gasteiger partial charge is 0.472 e. The number of aliphatic hydroxyl groups excluding tert-OH is 1. The number of nitrogens with one attached hydrogen (secondary N) is 1. The van der Waals surface area contributed by atoms with Gasteiger partial charge in [-0.25, -0.2) is 9.78 Å². The van der Waals surface area contributed by atoms with E-state index in [1.54, 1.807) is 29.1 Å². The number of aromatic nitrogens is 1. The maximum atomic E-state index is 13.4. The van der Waals surface area contributed by atoms with Crippen molar-refractivity contribution in [3.8, 4) is 17.7 Å². The van der Waals surface area contributed by atoms with Crippen LogP contribution in [-0.2, 0) is 0 Å². The van der Waals surface area contributed by atoms with E-state index in [4.69, 9.17) is 4.74 Å². The Labute approximate surface area is 190 Å². The molecule has 174 valence electrons. The normalized spacial score (nSPS) is 21.3. The zero-order valence-corrected chi connectivity index (χ0v) is 19.4. The predicted molar refractivity (Wildman–Crippen MR) is 121 cm³/mol. The number of pyridine rings is 1. The maximum Gasteiger partial charge on any atom is 0.317 e. The molecule has 3 atom stereocenters. The standard InChI is InChI=1S/C24H34N4O4/c1-5-10-25-24(31)27(4)14-21-16(2)13-28(17(3)15-29)23(30)20-11-19(9-8-18-6-7-18)12-26-22(20)32-21/h11-12,16-18,21,29H,5-7,10,13-15H2,1-4H3,(H,25,31)/t16-,17+,21+/m0/s1. The van der Waals surface area contributed by atoms with Crippen LogP contribution in [0, 0.1) is 23.7 Å². The summed E-state index contributed by atoms with van der Waals surface area (Å²) in [6.07, 6.45) is 4.35. The summed E-state index contributed by atoms with van der Waals surface area (Å²) in [5.74, 6) is 6.66. The van der Waals surface area contributed by atoms with Crippen LogP contribution in [0.2, 0.25) is 0 Å². The summed E-state index contributed by atoms with van der Waals surface area (Å²) >= 11 is 0. The molecule has 2 N–H and O–H groups in total. The molecule has 0 unspecified atom stereocenters. The SMILES string of the molecule is CCCNC(=O)N(C)C[C@H]1Oc2ncc(C#CC3CC3)cc2C(=O)N([C@H](C)CO)C[C@@H]1C. The number of aliphatic hydroxyl groups is 1. The van der Waals surface area contributed by atoms with Crippen LogP contribution in [0.4, 0.5) is 4.79 Å². The van der Waals surface area contributed by atoms with Crippen LogP contribution in [0.3, 0.4) is 0 Å². The number of amides is 3. The van der Waals surface area contributed by atoms with Gasteiger partial charge in [-0.2, -0.15) is 0 Å². The number of carbonyl (C=O) groups is 2. The molecule has 1 aliphatic heterocycles. The molecule has 3 rings (SSSR count). The molecule has 8 nitrogen and oxygen atoms in total. The van der Waals surface area contributed by atoms with Crippen molar-refractivity contribution in [2.24, 2.45) is 11.8 Å². The van der Waals surface area contributed by atoms with Gasteiger partial charge in [-0.05, 0) is 32.3 Å². The minimum absolute atomic E-state index is 0.0846. The zero-order valence-electron chi connectivity index (χ0n) is 19.4. The lowest BCUT2D eigenvalue weighted by atomic mass is 10.00. The lowest BCUT2D eigenvalue weighted by Crippen LogP contribution is -2.51. The van der Waals surface area contributed by atoms with Crippen molar-refractivity contribution in [2.45, 2.75) is 52.2 Å². The van der Waals surface area contributed by atoms with Gasteiger partial charge in [-0.3, -0.25) is 4.79 Å². The molecule has 8 heteroatoms. The van der Waals surface area contributed by atoms with E-state index in [1.807, 2.05) is 20.8 Å². The van der Waals surface area contributed by atoms with Gasteiger partial charge >= 0.3 is 6.03 Å². The molecule has 0 spiro atoms. The summed E-state index contributed by atoms with van der Waals surface area (Å²) in [5.41, 5.74) is 1.01. The van der Waals surface area contributed by atoms with E-state index < -0.39 is 0 Å². The fraction of sp³-hybridized carbons (Fsp3) is 0.625. The van der Waals surface area contributed by atoms with E-state index >= 15 is 0 Å². The first-order valence-corrected chi connectivity index (χ1v) is 11.4. The third-order valence-corrected chi connectivity index (χ3v) is 5.85. The average molecular weight is 443 g/mol. The van der Waals surface area contributed by atoms with Gasteiger partial charge in [0, 0.05) is 43.7 Å². The summed E-state index contributed by atoms with van der Waals surface area (Å²) in [5, 5.41) is 12.6. The minimum Gasteiger partial charge on any atom is -0.472 e. The van der Waals surface area contributed by atoms with Crippen LogP contribution >= 0.6 is 0 Å². The van der Waals surface area contributed by atoms with E-state index in [2.05, 4.69) is 22.1 Å². The Hall–Kier alpha value is -2.79. The summed E-state index contributed by atoms with van der Waals surface area (Å²) in [7, 11) is 1.73. The third-order valence-electron chi connectivity index (χ3n) is 5.85. The molecular weight excluding hydrogens is 408 g/mol. The Kier molecular flexibility index (Phi) is 7.97. The highest BCUT2D eigenvalue weighted by molar-refractivity contribution is 5.97. The van der Waals surface area contributed by atoms with Crippen LogP contribution in [0.1, 0.15) is 56.0 Å². The van der Waals surface area contributed by atoms with Gasteiger partial charge in [0.2, 0.25) is 5.88 Å². The molecule has 1 fully saturated rings. The quantitative estimate of drug-likeness (QED) is 0.658. The highest BCUT2D eigenvalue weighted by atomic mass is 16.5. The van der Waals surface area contributed by atoms with Gasteiger partial charge in [0.25, 0.3) is 5.91 Å². The Morgan fingerprint density at radius 3 is 2.88 bits per heavy atom. The third kappa shape index (κ3) is 5.92. The van der Waals surface area contributed by atoms with Crippen molar-refractivity contribution in [3.63, 3.8) is 0 Å². The first kappa shape index (κ1) is 23.9. The predicted octanol–water partition coefficient (Wildman–Crippen LogP) is 2.11. The van der Waals surface area contributed by atoms with Crippen LogP contribution < -0.4 is 10.1 Å². The Morgan fingerprint density at radius 1 is 1.47 bits per heavy atom.